The van der Waals surface area contributed by atoms with Gasteiger partial charge in [0.2, 0.25) is 5.91 Å². The topological polar surface area (TPSA) is 49.6 Å². The van der Waals surface area contributed by atoms with Gasteiger partial charge < -0.3 is 10.6 Å². The van der Waals surface area contributed by atoms with E-state index in [1.54, 1.807) is 0 Å². The Morgan fingerprint density at radius 2 is 2.00 bits per heavy atom. The van der Waals surface area contributed by atoms with Crippen molar-refractivity contribution in [3.05, 3.63) is 0 Å². The van der Waals surface area contributed by atoms with Crippen LogP contribution in [-0.4, -0.2) is 54.0 Å². The van der Waals surface area contributed by atoms with Crippen LogP contribution in [0, 0.1) is 0 Å². The fraction of sp³-hybridized carbons (Fsp3) is 0.929. The number of likely N-dealkylation sites (tertiary alicyclic amines) is 1. The van der Waals surface area contributed by atoms with Crippen molar-refractivity contribution in [3.63, 3.8) is 0 Å². The maximum atomic E-state index is 12.4. The van der Waals surface area contributed by atoms with Crippen molar-refractivity contribution in [2.45, 2.75) is 58.5 Å². The van der Waals surface area contributed by atoms with Crippen LogP contribution in [0.2, 0.25) is 0 Å². The Balaban J connectivity index is 2.72. The van der Waals surface area contributed by atoms with Crippen LogP contribution in [-0.2, 0) is 4.79 Å². The quantitative estimate of drug-likeness (QED) is 0.809. The third-order valence-corrected chi connectivity index (χ3v) is 4.12. The van der Waals surface area contributed by atoms with E-state index in [-0.39, 0.29) is 11.9 Å². The molecule has 106 valence electrons. The third-order valence-electron chi connectivity index (χ3n) is 4.12. The molecule has 1 heterocycles. The summed E-state index contributed by atoms with van der Waals surface area (Å²) in [5.41, 5.74) is 5.88. The van der Waals surface area contributed by atoms with Gasteiger partial charge in [0.05, 0.1) is 6.04 Å². The highest BCUT2D eigenvalue weighted by molar-refractivity contribution is 5.81. The van der Waals surface area contributed by atoms with Gasteiger partial charge in [-0.2, -0.15) is 0 Å². The summed E-state index contributed by atoms with van der Waals surface area (Å²) >= 11 is 0. The van der Waals surface area contributed by atoms with Gasteiger partial charge in [-0.25, -0.2) is 0 Å². The molecule has 1 aliphatic heterocycles. The standard InChI is InChI=1S/C14H29N3O/c1-4-16(5-2)14(18)12(3)17-10-8-6-7-9-13(17)11-15/h12-13H,4-11,15H2,1-3H3. The molecule has 2 N–H and O–H groups in total. The lowest BCUT2D eigenvalue weighted by atomic mass is 10.1. The zero-order chi connectivity index (χ0) is 13.5. The van der Waals surface area contributed by atoms with Crippen molar-refractivity contribution in [2.24, 2.45) is 5.73 Å². The van der Waals surface area contributed by atoms with E-state index in [9.17, 15) is 4.79 Å². The number of hydrogen-bond acceptors (Lipinski definition) is 3. The first-order chi connectivity index (χ1) is 8.65. The highest BCUT2D eigenvalue weighted by atomic mass is 16.2. The average Bonchev–Trinajstić information content (AvgIpc) is 2.64. The first-order valence-corrected chi connectivity index (χ1v) is 7.40. The highest BCUT2D eigenvalue weighted by Gasteiger charge is 2.30. The summed E-state index contributed by atoms with van der Waals surface area (Å²) in [4.78, 5) is 16.7. The molecule has 2 atom stereocenters. The molecule has 0 aromatic carbocycles. The van der Waals surface area contributed by atoms with Crippen molar-refractivity contribution < 1.29 is 4.79 Å². The Hall–Kier alpha value is -0.610. The maximum Gasteiger partial charge on any atom is 0.239 e. The van der Waals surface area contributed by atoms with Crippen molar-refractivity contribution in [3.8, 4) is 0 Å². The van der Waals surface area contributed by atoms with Gasteiger partial charge in [0.25, 0.3) is 0 Å². The lowest BCUT2D eigenvalue weighted by molar-refractivity contribution is -0.136. The molecule has 0 aliphatic carbocycles. The fourth-order valence-corrected chi connectivity index (χ4v) is 2.90. The zero-order valence-corrected chi connectivity index (χ0v) is 12.2. The van der Waals surface area contributed by atoms with Crippen LogP contribution in [0.1, 0.15) is 46.5 Å². The Morgan fingerprint density at radius 3 is 2.56 bits per heavy atom. The summed E-state index contributed by atoms with van der Waals surface area (Å²) in [7, 11) is 0. The fourth-order valence-electron chi connectivity index (χ4n) is 2.90. The van der Waals surface area contributed by atoms with Gasteiger partial charge in [-0.15, -0.1) is 0 Å². The lowest BCUT2D eigenvalue weighted by Crippen LogP contribution is -2.52. The second-order valence-electron chi connectivity index (χ2n) is 5.16. The number of carbonyl (C=O) groups is 1. The van der Waals surface area contributed by atoms with Crippen LogP contribution in [0.5, 0.6) is 0 Å². The first-order valence-electron chi connectivity index (χ1n) is 7.40. The predicted octanol–water partition coefficient (Wildman–Crippen LogP) is 1.45. The van der Waals surface area contributed by atoms with E-state index in [0.29, 0.717) is 12.6 Å². The van der Waals surface area contributed by atoms with Gasteiger partial charge in [0.15, 0.2) is 0 Å². The normalized spacial score (nSPS) is 23.4. The molecule has 1 fully saturated rings. The predicted molar refractivity (Wildman–Crippen MR) is 75.4 cm³/mol. The second-order valence-corrected chi connectivity index (χ2v) is 5.16. The third kappa shape index (κ3) is 3.69. The van der Waals surface area contributed by atoms with Crippen LogP contribution in [0.3, 0.4) is 0 Å². The number of carbonyl (C=O) groups excluding carboxylic acids is 1. The molecule has 1 rings (SSSR count). The smallest absolute Gasteiger partial charge is 0.239 e. The molecule has 0 spiro atoms. The average molecular weight is 255 g/mol. The molecule has 0 saturated carbocycles. The van der Waals surface area contributed by atoms with Crippen LogP contribution < -0.4 is 5.73 Å². The number of likely N-dealkylation sites (N-methyl/N-ethyl adjacent to an activating group) is 1. The van der Waals surface area contributed by atoms with Crippen molar-refractivity contribution >= 4 is 5.91 Å². The minimum absolute atomic E-state index is 0.0310. The molecule has 0 bridgehead atoms. The molecule has 2 unspecified atom stereocenters. The molecule has 0 radical (unpaired) electrons. The molecule has 1 amide bonds. The SMILES string of the molecule is CCN(CC)C(=O)C(C)N1CCCCCC1CN. The van der Waals surface area contributed by atoms with Crippen LogP contribution in [0.4, 0.5) is 0 Å². The molecule has 18 heavy (non-hydrogen) atoms. The summed E-state index contributed by atoms with van der Waals surface area (Å²) in [6, 6.07) is 0.346. The van der Waals surface area contributed by atoms with E-state index in [1.807, 2.05) is 25.7 Å². The van der Waals surface area contributed by atoms with Gasteiger partial charge in [0, 0.05) is 25.7 Å². The van der Waals surface area contributed by atoms with Gasteiger partial charge in [0.1, 0.15) is 0 Å². The Labute approximate surface area is 111 Å². The summed E-state index contributed by atoms with van der Waals surface area (Å²) in [5, 5.41) is 0. The Kier molecular flexibility index (Phi) is 6.65. The van der Waals surface area contributed by atoms with Gasteiger partial charge in [-0.05, 0) is 40.2 Å². The van der Waals surface area contributed by atoms with Gasteiger partial charge in [-0.3, -0.25) is 9.69 Å². The van der Waals surface area contributed by atoms with E-state index in [4.69, 9.17) is 5.73 Å². The monoisotopic (exact) mass is 255 g/mol. The second kappa shape index (κ2) is 7.74. The lowest BCUT2D eigenvalue weighted by Gasteiger charge is -2.36. The van der Waals surface area contributed by atoms with Gasteiger partial charge >= 0.3 is 0 Å². The number of nitrogens with two attached hydrogens (primary N) is 1. The van der Waals surface area contributed by atoms with E-state index in [2.05, 4.69) is 4.90 Å². The summed E-state index contributed by atoms with van der Waals surface area (Å²) in [6.07, 6.45) is 4.82. The largest absolute Gasteiger partial charge is 0.342 e. The summed E-state index contributed by atoms with van der Waals surface area (Å²) in [5.74, 6) is 0.250. The van der Waals surface area contributed by atoms with Gasteiger partial charge in [-0.1, -0.05) is 12.8 Å². The Bertz CT molecular complexity index is 253. The molecular formula is C14H29N3O. The van der Waals surface area contributed by atoms with Crippen molar-refractivity contribution in [1.82, 2.24) is 9.80 Å². The van der Waals surface area contributed by atoms with E-state index in [0.717, 1.165) is 26.1 Å². The number of nitrogens with zero attached hydrogens (tertiary/aromatic N) is 2. The molecule has 1 saturated heterocycles. The molecule has 1 aliphatic rings. The molecule has 0 aromatic rings. The van der Waals surface area contributed by atoms with E-state index < -0.39 is 0 Å². The molecule has 0 aromatic heterocycles. The van der Waals surface area contributed by atoms with Crippen molar-refractivity contribution in [1.29, 1.82) is 0 Å². The van der Waals surface area contributed by atoms with Crippen molar-refractivity contribution in [2.75, 3.05) is 26.2 Å². The summed E-state index contributed by atoms with van der Waals surface area (Å²) < 4.78 is 0. The van der Waals surface area contributed by atoms with Crippen LogP contribution in [0.25, 0.3) is 0 Å². The minimum Gasteiger partial charge on any atom is -0.342 e. The number of hydrogen-bond donors (Lipinski definition) is 1. The molecular weight excluding hydrogens is 226 g/mol. The van der Waals surface area contributed by atoms with E-state index >= 15 is 0 Å². The number of amides is 1. The van der Waals surface area contributed by atoms with Crippen LogP contribution >= 0.6 is 0 Å². The molecule has 4 heteroatoms. The highest BCUT2D eigenvalue weighted by Crippen LogP contribution is 2.19. The summed E-state index contributed by atoms with van der Waals surface area (Å²) in [6.45, 7) is 9.37. The zero-order valence-electron chi connectivity index (χ0n) is 12.2. The molecule has 4 nitrogen and oxygen atoms in total. The van der Waals surface area contributed by atoms with Crippen LogP contribution in [0.15, 0.2) is 0 Å². The Morgan fingerprint density at radius 1 is 1.33 bits per heavy atom. The maximum absolute atomic E-state index is 12.4. The van der Waals surface area contributed by atoms with E-state index in [1.165, 1.54) is 19.3 Å². The minimum atomic E-state index is -0.0310. The first kappa shape index (κ1) is 15.4. The number of rotatable bonds is 5.